The smallest absolute Gasteiger partial charge is 0.0547 e. The first kappa shape index (κ1) is 49.3. The van der Waals surface area contributed by atoms with Crippen LogP contribution in [0.1, 0.15) is 48.0 Å². The van der Waals surface area contributed by atoms with E-state index in [0.29, 0.717) is 0 Å². The lowest BCUT2D eigenvalue weighted by Crippen LogP contribution is -1.97. The van der Waals surface area contributed by atoms with Crippen LogP contribution in [-0.2, 0) is 0 Å². The molecule has 0 aliphatic rings. The van der Waals surface area contributed by atoms with E-state index >= 15 is 0 Å². The lowest BCUT2D eigenvalue weighted by molar-refractivity contribution is 1.18. The molecule has 12 rings (SSSR count). The van der Waals surface area contributed by atoms with Crippen LogP contribution in [0, 0.1) is 0 Å². The van der Waals surface area contributed by atoms with Gasteiger partial charge in [0.2, 0.25) is 0 Å². The molecule has 2 nitrogen and oxygen atoms in total. The van der Waals surface area contributed by atoms with Crippen molar-refractivity contribution in [2.45, 2.75) is 48.0 Å². The van der Waals surface area contributed by atoms with E-state index < -0.39 is 0 Å². The number of fused-ring (bicyclic) bond motifs is 7. The molecule has 0 spiro atoms. The number of allylic oxidation sites excluding steroid dienone is 5. The van der Waals surface area contributed by atoms with Gasteiger partial charge in [-0.1, -0.05) is 227 Å². The van der Waals surface area contributed by atoms with Gasteiger partial charge in [0, 0.05) is 32.8 Å². The van der Waals surface area contributed by atoms with Crippen LogP contribution in [0.25, 0.3) is 110 Å². The Hall–Kier alpha value is -8.72. The summed E-state index contributed by atoms with van der Waals surface area (Å²) in [7, 11) is 0. The summed E-state index contributed by atoms with van der Waals surface area (Å²) >= 11 is 0. The average Bonchev–Trinajstić information content (AvgIpc) is 3.98. The van der Waals surface area contributed by atoms with Crippen molar-refractivity contribution in [3.8, 4) is 55.9 Å². The molecule has 12 aromatic rings. The average molecular weight is 945 g/mol. The van der Waals surface area contributed by atoms with Crippen molar-refractivity contribution < 1.29 is 0 Å². The van der Waals surface area contributed by atoms with Gasteiger partial charge in [0.05, 0.1) is 27.8 Å². The van der Waals surface area contributed by atoms with Crippen LogP contribution < -0.4 is 0 Å². The molecule has 2 heterocycles. The quantitative estimate of drug-likeness (QED) is 0.101. The van der Waals surface area contributed by atoms with Gasteiger partial charge in [0.25, 0.3) is 0 Å². The number of aromatic nitrogens is 2. The van der Waals surface area contributed by atoms with Crippen molar-refractivity contribution in [1.29, 1.82) is 0 Å². The second-order valence-corrected chi connectivity index (χ2v) is 17.8. The van der Waals surface area contributed by atoms with Crippen molar-refractivity contribution in [2.75, 3.05) is 0 Å². The monoisotopic (exact) mass is 945 g/mol. The fourth-order valence-electron chi connectivity index (χ4n) is 10.00. The molecule has 0 amide bonds. The summed E-state index contributed by atoms with van der Waals surface area (Å²) in [5, 5.41) is 7.48. The number of hydrogen-bond donors (Lipinski definition) is 0. The summed E-state index contributed by atoms with van der Waals surface area (Å²) < 4.78 is 4.88. The highest BCUT2D eigenvalue weighted by atomic mass is 15.0. The third-order valence-corrected chi connectivity index (χ3v) is 13.3. The number of para-hydroxylation sites is 3. The van der Waals surface area contributed by atoms with Gasteiger partial charge in [-0.2, -0.15) is 0 Å². The molecule has 0 N–H and O–H groups in total. The maximum absolute atomic E-state index is 3.64. The number of rotatable bonds is 9. The molecule has 2 heteroatoms. The second kappa shape index (κ2) is 23.0. The standard InChI is InChI=1S/C58H38N2.C9H14.2C2H6/c1-2-14-39(15-3-1)43-19-13-21-48(36-43)59-55-26-10-8-24-51(55)53-37-45(31-33-57(53)59)46-30-32-52-50-23-7-11-27-56(50)60(58(52)38-46)54-25-9-6-22-49(54)47-20-12-18-42(35-47)44-29-28-40-16-4-5-17-41(40)34-44;1-4-6-8-9(3)7-5-2;2*1-2/h1-38H;4-6,8H,2,7H2,1,3H3;2*1-2H3/b;6-4-,9-8+;;. The van der Waals surface area contributed by atoms with Gasteiger partial charge in [-0.3, -0.25) is 0 Å². The lowest BCUT2D eigenvalue weighted by Gasteiger charge is -2.15. The molecule has 0 atom stereocenters. The maximum Gasteiger partial charge on any atom is 0.0547 e. The maximum atomic E-state index is 3.64. The molecule has 0 aliphatic heterocycles. The molecule has 73 heavy (non-hydrogen) atoms. The van der Waals surface area contributed by atoms with Gasteiger partial charge in [-0.25, -0.2) is 0 Å². The largest absolute Gasteiger partial charge is 0.309 e. The van der Waals surface area contributed by atoms with E-state index in [0.717, 1.165) is 17.8 Å². The predicted octanol–water partition coefficient (Wildman–Crippen LogP) is 20.8. The van der Waals surface area contributed by atoms with Crippen molar-refractivity contribution in [2.24, 2.45) is 0 Å². The Labute approximate surface area is 432 Å². The van der Waals surface area contributed by atoms with Crippen LogP contribution in [-0.4, -0.2) is 9.13 Å². The fourth-order valence-corrected chi connectivity index (χ4v) is 10.00. The molecular weight excluding hydrogens is 881 g/mol. The first-order chi connectivity index (χ1) is 36.1. The van der Waals surface area contributed by atoms with E-state index in [4.69, 9.17) is 0 Å². The summed E-state index contributed by atoms with van der Waals surface area (Å²) in [6.07, 6.45) is 9.06. The van der Waals surface area contributed by atoms with E-state index in [9.17, 15) is 0 Å². The summed E-state index contributed by atoms with van der Waals surface area (Å²) in [4.78, 5) is 0. The van der Waals surface area contributed by atoms with Crippen LogP contribution in [0.3, 0.4) is 0 Å². The first-order valence-corrected chi connectivity index (χ1v) is 25.9. The van der Waals surface area contributed by atoms with E-state index in [-0.39, 0.29) is 0 Å². The zero-order valence-electron chi connectivity index (χ0n) is 43.1. The molecule has 0 unspecified atom stereocenters. The van der Waals surface area contributed by atoms with Crippen molar-refractivity contribution in [3.63, 3.8) is 0 Å². The molecule has 0 fully saturated rings. The summed E-state index contributed by atoms with van der Waals surface area (Å²) in [5.41, 5.74) is 18.1. The third-order valence-electron chi connectivity index (χ3n) is 13.3. The van der Waals surface area contributed by atoms with Crippen molar-refractivity contribution in [3.05, 3.63) is 267 Å². The lowest BCUT2D eigenvalue weighted by atomic mass is 9.96. The normalized spacial score (nSPS) is 11.3. The Morgan fingerprint density at radius 3 is 1.70 bits per heavy atom. The molecule has 0 saturated heterocycles. The van der Waals surface area contributed by atoms with Gasteiger partial charge in [0.15, 0.2) is 0 Å². The molecule has 358 valence electrons. The van der Waals surface area contributed by atoms with Crippen molar-refractivity contribution in [1.82, 2.24) is 9.13 Å². The number of nitrogens with zero attached hydrogens (tertiary/aromatic N) is 2. The Morgan fingerprint density at radius 2 is 0.932 bits per heavy atom. The van der Waals surface area contributed by atoms with Gasteiger partial charge in [-0.05, 0) is 131 Å². The minimum atomic E-state index is 0.990. The van der Waals surface area contributed by atoms with Gasteiger partial charge in [-0.15, -0.1) is 6.58 Å². The van der Waals surface area contributed by atoms with Gasteiger partial charge >= 0.3 is 0 Å². The molecule has 2 aromatic heterocycles. The molecule has 0 radical (unpaired) electrons. The molecular formula is C71H64N2. The van der Waals surface area contributed by atoms with Gasteiger partial charge in [0.1, 0.15) is 0 Å². The van der Waals surface area contributed by atoms with Crippen molar-refractivity contribution >= 4 is 54.4 Å². The van der Waals surface area contributed by atoms with E-state index in [2.05, 4.69) is 259 Å². The molecule has 0 saturated carbocycles. The zero-order chi connectivity index (χ0) is 50.7. The highest BCUT2D eigenvalue weighted by Crippen LogP contribution is 2.41. The highest BCUT2D eigenvalue weighted by molar-refractivity contribution is 6.13. The van der Waals surface area contributed by atoms with Crippen LogP contribution >= 0.6 is 0 Å². The van der Waals surface area contributed by atoms with Crippen LogP contribution in [0.5, 0.6) is 0 Å². The SMILES string of the molecule is C=CC/C(C)=C/C=C\C.CC.CC.c1ccc(-c2cccc(-n3c4ccccc4c4cc(-c5ccc6c7ccccc7n(-c7ccccc7-c7cccc(-c8ccc9ccccc9c8)c7)c6c5)ccc43)c2)cc1. The summed E-state index contributed by atoms with van der Waals surface area (Å²) in [6.45, 7) is 15.8. The van der Waals surface area contributed by atoms with Gasteiger partial charge < -0.3 is 9.13 Å². The van der Waals surface area contributed by atoms with E-state index in [1.54, 1.807) is 0 Å². The molecule has 10 aromatic carbocycles. The fraction of sp³-hybridized carbons (Fsp3) is 0.0986. The molecule has 0 aliphatic carbocycles. The molecule has 0 bridgehead atoms. The Kier molecular flexibility index (Phi) is 15.5. The number of hydrogen-bond acceptors (Lipinski definition) is 0. The predicted molar refractivity (Wildman–Crippen MR) is 320 cm³/mol. The van der Waals surface area contributed by atoms with Crippen LogP contribution in [0.4, 0.5) is 0 Å². The van der Waals surface area contributed by atoms with Crippen LogP contribution in [0.15, 0.2) is 267 Å². The Bertz CT molecular complexity index is 3910. The Morgan fingerprint density at radius 1 is 0.397 bits per heavy atom. The van der Waals surface area contributed by atoms with E-state index in [1.165, 1.54) is 104 Å². The summed E-state index contributed by atoms with van der Waals surface area (Å²) in [5.74, 6) is 0. The minimum Gasteiger partial charge on any atom is -0.309 e. The summed E-state index contributed by atoms with van der Waals surface area (Å²) in [6, 6.07) is 84.3. The zero-order valence-corrected chi connectivity index (χ0v) is 43.1. The highest BCUT2D eigenvalue weighted by Gasteiger charge is 2.18. The second-order valence-electron chi connectivity index (χ2n) is 17.8. The third kappa shape index (κ3) is 10.1. The van der Waals surface area contributed by atoms with E-state index in [1.807, 2.05) is 52.8 Å². The first-order valence-electron chi connectivity index (χ1n) is 25.9. The topological polar surface area (TPSA) is 9.86 Å². The van der Waals surface area contributed by atoms with Crippen LogP contribution in [0.2, 0.25) is 0 Å². The minimum absolute atomic E-state index is 0.990. The number of benzene rings is 10. The Balaban J connectivity index is 0.000000455.